The van der Waals surface area contributed by atoms with Crippen LogP contribution in [0.1, 0.15) is 39.3 Å². The van der Waals surface area contributed by atoms with E-state index in [2.05, 4.69) is 17.2 Å². The summed E-state index contributed by atoms with van der Waals surface area (Å²) in [7, 11) is 0. The highest BCUT2D eigenvalue weighted by Gasteiger charge is 2.07. The normalized spacial score (nSPS) is 10.9. The summed E-state index contributed by atoms with van der Waals surface area (Å²) in [5.41, 5.74) is 1.13. The maximum Gasteiger partial charge on any atom is 0.135 e. The van der Waals surface area contributed by atoms with Gasteiger partial charge < -0.3 is 0 Å². The van der Waals surface area contributed by atoms with Crippen molar-refractivity contribution in [2.75, 3.05) is 0 Å². The van der Waals surface area contributed by atoms with Crippen LogP contribution in [0.15, 0.2) is 6.20 Å². The third-order valence-corrected chi connectivity index (χ3v) is 2.50. The van der Waals surface area contributed by atoms with Crippen LogP contribution in [-0.4, -0.2) is 20.8 Å². The second kappa shape index (κ2) is 5.63. The second-order valence-electron chi connectivity index (χ2n) is 4.03. The molecule has 0 aromatic carbocycles. The van der Waals surface area contributed by atoms with Gasteiger partial charge in [0, 0.05) is 18.9 Å². The van der Waals surface area contributed by atoms with E-state index >= 15 is 0 Å². The summed E-state index contributed by atoms with van der Waals surface area (Å²) in [6.45, 7) is 6.75. The van der Waals surface area contributed by atoms with Gasteiger partial charge in [0.15, 0.2) is 0 Å². The van der Waals surface area contributed by atoms with Gasteiger partial charge in [0.05, 0.1) is 11.9 Å². The zero-order valence-corrected chi connectivity index (χ0v) is 9.73. The van der Waals surface area contributed by atoms with Crippen molar-refractivity contribution in [2.24, 2.45) is 5.92 Å². The zero-order chi connectivity index (χ0) is 11.3. The molecule has 0 bridgehead atoms. The Labute approximate surface area is 90.7 Å². The van der Waals surface area contributed by atoms with Gasteiger partial charge in [0.25, 0.3) is 0 Å². The molecule has 0 aliphatic heterocycles. The van der Waals surface area contributed by atoms with Crippen LogP contribution in [0.25, 0.3) is 0 Å². The van der Waals surface area contributed by atoms with Gasteiger partial charge in [-0.3, -0.25) is 4.79 Å². The molecule has 1 aromatic heterocycles. The average Bonchev–Trinajstić information content (AvgIpc) is 2.65. The monoisotopic (exact) mass is 209 g/mol. The lowest BCUT2D eigenvalue weighted by Gasteiger charge is -2.05. The van der Waals surface area contributed by atoms with Crippen LogP contribution in [0.2, 0.25) is 0 Å². The first kappa shape index (κ1) is 11.9. The third-order valence-electron chi connectivity index (χ3n) is 2.50. The molecule has 0 radical (unpaired) electrons. The van der Waals surface area contributed by atoms with E-state index in [0.29, 0.717) is 12.2 Å². The van der Waals surface area contributed by atoms with Crippen molar-refractivity contribution in [1.82, 2.24) is 15.0 Å². The molecule has 0 unspecified atom stereocenters. The standard InChI is InChI=1S/C11H19N3O/c1-4-10-8-12-13-14(10)7-5-6-11(15)9(2)3/h8-9H,4-7H2,1-3H3. The summed E-state index contributed by atoms with van der Waals surface area (Å²) >= 11 is 0. The minimum Gasteiger partial charge on any atom is -0.299 e. The Kier molecular flexibility index (Phi) is 4.46. The van der Waals surface area contributed by atoms with Crippen LogP contribution >= 0.6 is 0 Å². The number of Topliss-reactive ketones (excluding diaryl/α,β-unsaturated/α-hetero) is 1. The first-order valence-corrected chi connectivity index (χ1v) is 5.55. The molecule has 0 saturated heterocycles. The molecule has 0 fully saturated rings. The topological polar surface area (TPSA) is 47.8 Å². The lowest BCUT2D eigenvalue weighted by molar-refractivity contribution is -0.122. The predicted octanol–water partition coefficient (Wildman–Crippen LogP) is 1.85. The first-order valence-electron chi connectivity index (χ1n) is 5.55. The second-order valence-corrected chi connectivity index (χ2v) is 4.03. The Morgan fingerprint density at radius 3 is 2.87 bits per heavy atom. The number of aromatic nitrogens is 3. The molecular formula is C11H19N3O. The van der Waals surface area contributed by atoms with Gasteiger partial charge in [-0.15, -0.1) is 5.10 Å². The highest BCUT2D eigenvalue weighted by atomic mass is 16.1. The average molecular weight is 209 g/mol. The molecule has 0 spiro atoms. The van der Waals surface area contributed by atoms with E-state index in [0.717, 1.165) is 25.1 Å². The minimum atomic E-state index is 0.145. The van der Waals surface area contributed by atoms with Gasteiger partial charge in [0.2, 0.25) is 0 Å². The van der Waals surface area contributed by atoms with Crippen molar-refractivity contribution in [3.63, 3.8) is 0 Å². The van der Waals surface area contributed by atoms with Crippen LogP contribution in [0.3, 0.4) is 0 Å². The first-order chi connectivity index (χ1) is 7.15. The molecule has 0 N–H and O–H groups in total. The maximum absolute atomic E-state index is 11.4. The van der Waals surface area contributed by atoms with Gasteiger partial charge in [-0.05, 0) is 12.8 Å². The molecule has 4 nitrogen and oxygen atoms in total. The molecule has 1 heterocycles. The number of hydrogen-bond donors (Lipinski definition) is 0. The Morgan fingerprint density at radius 1 is 1.53 bits per heavy atom. The van der Waals surface area contributed by atoms with E-state index in [4.69, 9.17) is 0 Å². The highest BCUT2D eigenvalue weighted by molar-refractivity contribution is 5.80. The molecule has 0 amide bonds. The number of aryl methyl sites for hydroxylation is 2. The van der Waals surface area contributed by atoms with Crippen LogP contribution in [0, 0.1) is 5.92 Å². The number of ketones is 1. The van der Waals surface area contributed by atoms with Crippen LogP contribution in [0.4, 0.5) is 0 Å². The van der Waals surface area contributed by atoms with Crippen molar-refractivity contribution in [3.8, 4) is 0 Å². The SMILES string of the molecule is CCc1cnnn1CCCC(=O)C(C)C. The molecule has 15 heavy (non-hydrogen) atoms. The van der Waals surface area contributed by atoms with Crippen molar-refractivity contribution >= 4 is 5.78 Å². The third kappa shape index (κ3) is 3.46. The van der Waals surface area contributed by atoms with Crippen LogP contribution < -0.4 is 0 Å². The lowest BCUT2D eigenvalue weighted by Crippen LogP contribution is -2.10. The van der Waals surface area contributed by atoms with Gasteiger partial charge in [-0.25, -0.2) is 4.68 Å². The molecule has 1 rings (SSSR count). The minimum absolute atomic E-state index is 0.145. The Bertz CT molecular complexity index is 317. The van der Waals surface area contributed by atoms with Crippen molar-refractivity contribution in [1.29, 1.82) is 0 Å². The summed E-state index contributed by atoms with van der Waals surface area (Å²) in [6, 6.07) is 0. The summed E-state index contributed by atoms with van der Waals surface area (Å²) in [4.78, 5) is 11.4. The van der Waals surface area contributed by atoms with Gasteiger partial charge in [0.1, 0.15) is 5.78 Å². The summed E-state index contributed by atoms with van der Waals surface area (Å²) in [5, 5.41) is 7.84. The van der Waals surface area contributed by atoms with Crippen LogP contribution in [0.5, 0.6) is 0 Å². The molecule has 84 valence electrons. The van der Waals surface area contributed by atoms with Crippen molar-refractivity contribution in [2.45, 2.75) is 46.6 Å². The number of nitrogens with zero attached hydrogens (tertiary/aromatic N) is 3. The van der Waals surface area contributed by atoms with E-state index in [1.807, 2.05) is 18.5 Å². The van der Waals surface area contributed by atoms with E-state index < -0.39 is 0 Å². The van der Waals surface area contributed by atoms with E-state index in [1.54, 1.807) is 6.20 Å². The maximum atomic E-state index is 11.4. The van der Waals surface area contributed by atoms with Gasteiger partial charge >= 0.3 is 0 Å². The number of rotatable bonds is 6. The summed E-state index contributed by atoms with van der Waals surface area (Å²) < 4.78 is 1.88. The number of carbonyl (C=O) groups is 1. The largest absolute Gasteiger partial charge is 0.299 e. The van der Waals surface area contributed by atoms with E-state index in [1.165, 1.54) is 0 Å². The molecule has 0 atom stereocenters. The molecule has 1 aromatic rings. The smallest absolute Gasteiger partial charge is 0.135 e. The van der Waals surface area contributed by atoms with Crippen molar-refractivity contribution < 1.29 is 4.79 Å². The summed E-state index contributed by atoms with van der Waals surface area (Å²) in [6.07, 6.45) is 4.21. The molecular weight excluding hydrogens is 190 g/mol. The quantitative estimate of drug-likeness (QED) is 0.718. The summed E-state index contributed by atoms with van der Waals surface area (Å²) in [5.74, 6) is 0.472. The fourth-order valence-corrected chi connectivity index (χ4v) is 1.43. The molecule has 0 saturated carbocycles. The molecule has 4 heteroatoms. The van der Waals surface area contributed by atoms with E-state index in [-0.39, 0.29) is 5.92 Å². The highest BCUT2D eigenvalue weighted by Crippen LogP contribution is 2.05. The molecule has 0 aliphatic carbocycles. The predicted molar refractivity (Wildman–Crippen MR) is 58.5 cm³/mol. The van der Waals surface area contributed by atoms with Crippen LogP contribution in [-0.2, 0) is 17.8 Å². The lowest BCUT2D eigenvalue weighted by atomic mass is 10.0. The fraction of sp³-hybridized carbons (Fsp3) is 0.727. The zero-order valence-electron chi connectivity index (χ0n) is 9.73. The Balaban J connectivity index is 2.35. The number of carbonyl (C=O) groups excluding carboxylic acids is 1. The van der Waals surface area contributed by atoms with Crippen molar-refractivity contribution in [3.05, 3.63) is 11.9 Å². The van der Waals surface area contributed by atoms with E-state index in [9.17, 15) is 4.79 Å². The Morgan fingerprint density at radius 2 is 2.27 bits per heavy atom. The van der Waals surface area contributed by atoms with Gasteiger partial charge in [-0.1, -0.05) is 26.0 Å². The fourth-order valence-electron chi connectivity index (χ4n) is 1.43. The Hall–Kier alpha value is -1.19. The van der Waals surface area contributed by atoms with Gasteiger partial charge in [-0.2, -0.15) is 0 Å². The number of hydrogen-bond acceptors (Lipinski definition) is 3. The molecule has 0 aliphatic rings.